The van der Waals surface area contributed by atoms with Crippen molar-refractivity contribution in [3.63, 3.8) is 0 Å². The molecule has 0 bridgehead atoms. The number of carboxylic acids is 1. The Morgan fingerprint density at radius 3 is 2.26 bits per heavy atom. The van der Waals surface area contributed by atoms with Crippen molar-refractivity contribution >= 4 is 23.5 Å². The molecule has 0 radical (unpaired) electrons. The molecule has 0 unspecified atom stereocenters. The lowest BCUT2D eigenvalue weighted by molar-refractivity contribution is -0.274. The summed E-state index contributed by atoms with van der Waals surface area (Å²) in [6.45, 7) is 0. The van der Waals surface area contributed by atoms with Crippen LogP contribution >= 0.6 is 0 Å². The van der Waals surface area contributed by atoms with Crippen molar-refractivity contribution in [3.8, 4) is 5.75 Å². The molecule has 2 aromatic rings. The second kappa shape index (κ2) is 10.3. The van der Waals surface area contributed by atoms with Gasteiger partial charge in [-0.15, -0.1) is 13.2 Å². The van der Waals surface area contributed by atoms with E-state index in [9.17, 15) is 32.7 Å². The Morgan fingerprint density at radius 1 is 0.947 bits per heavy atom. The average Bonchev–Trinajstić information content (AvgIpc) is 3.31. The minimum Gasteiger partial charge on any atom is -0.481 e. The number of alkyl halides is 3. The number of carbonyl (C=O) groups is 3. The summed E-state index contributed by atoms with van der Waals surface area (Å²) in [6, 6.07) is 12.0. The van der Waals surface area contributed by atoms with Crippen LogP contribution in [0.4, 0.5) is 18.9 Å². The first-order valence-corrected chi connectivity index (χ1v) is 13.0. The second-order valence-electron chi connectivity index (χ2n) is 10.2. The maximum absolute atomic E-state index is 13.8. The molecule has 0 aromatic heterocycles. The van der Waals surface area contributed by atoms with E-state index in [2.05, 4.69) is 4.74 Å². The predicted molar refractivity (Wildman–Crippen MR) is 132 cm³/mol. The van der Waals surface area contributed by atoms with Gasteiger partial charge >= 0.3 is 12.3 Å². The number of anilines is 1. The molecule has 202 valence electrons. The van der Waals surface area contributed by atoms with Crippen LogP contribution in [-0.2, 0) is 9.59 Å². The van der Waals surface area contributed by atoms with Crippen LogP contribution in [0.5, 0.6) is 5.75 Å². The monoisotopic (exact) mass is 530 g/mol. The van der Waals surface area contributed by atoms with Gasteiger partial charge in [0.2, 0.25) is 5.91 Å². The Bertz CT molecular complexity index is 1210. The molecule has 3 atom stereocenters. The van der Waals surface area contributed by atoms with Crippen LogP contribution in [-0.4, -0.2) is 46.2 Å². The summed E-state index contributed by atoms with van der Waals surface area (Å²) in [4.78, 5) is 42.1. The molecule has 3 aliphatic rings. The van der Waals surface area contributed by atoms with Gasteiger partial charge in [-0.1, -0.05) is 24.6 Å². The average molecular weight is 531 g/mol. The van der Waals surface area contributed by atoms with E-state index in [4.69, 9.17) is 0 Å². The summed E-state index contributed by atoms with van der Waals surface area (Å²) in [5.74, 6) is -1.95. The lowest BCUT2D eigenvalue weighted by atomic mass is 9.78. The van der Waals surface area contributed by atoms with Crippen LogP contribution in [0.2, 0.25) is 0 Å². The molecule has 2 amide bonds. The topological polar surface area (TPSA) is 87.2 Å². The van der Waals surface area contributed by atoms with Crippen LogP contribution in [0.15, 0.2) is 48.5 Å². The smallest absolute Gasteiger partial charge is 0.481 e. The van der Waals surface area contributed by atoms with Gasteiger partial charge in [0, 0.05) is 35.7 Å². The molecule has 2 aliphatic carbocycles. The fraction of sp³-hybridized carbons (Fsp3) is 0.464. The number of carbonyl (C=O) groups excluding carboxylic acids is 2. The van der Waals surface area contributed by atoms with Crippen molar-refractivity contribution in [2.75, 3.05) is 4.90 Å². The van der Waals surface area contributed by atoms with Gasteiger partial charge in [-0.3, -0.25) is 14.4 Å². The highest BCUT2D eigenvalue weighted by molar-refractivity contribution is 6.07. The molecule has 1 aliphatic heterocycles. The van der Waals surface area contributed by atoms with Crippen molar-refractivity contribution in [1.82, 2.24) is 4.90 Å². The first-order valence-electron chi connectivity index (χ1n) is 13.0. The number of benzene rings is 2. The number of halogens is 3. The second-order valence-corrected chi connectivity index (χ2v) is 10.2. The van der Waals surface area contributed by atoms with Gasteiger partial charge in [0.15, 0.2) is 0 Å². The van der Waals surface area contributed by atoms with Crippen LogP contribution in [0.3, 0.4) is 0 Å². The third kappa shape index (κ3) is 5.08. The van der Waals surface area contributed by atoms with Gasteiger partial charge in [-0.05, 0) is 68.0 Å². The lowest BCUT2D eigenvalue weighted by Gasteiger charge is -2.51. The summed E-state index contributed by atoms with van der Waals surface area (Å²) in [5.41, 5.74) is 1.76. The highest BCUT2D eigenvalue weighted by Gasteiger charge is 2.50. The normalized spacial score (nSPS) is 22.7. The van der Waals surface area contributed by atoms with Crippen molar-refractivity contribution in [1.29, 1.82) is 0 Å². The van der Waals surface area contributed by atoms with Crippen molar-refractivity contribution in [3.05, 3.63) is 59.7 Å². The minimum atomic E-state index is -4.82. The van der Waals surface area contributed by atoms with Gasteiger partial charge in [0.1, 0.15) is 5.75 Å². The summed E-state index contributed by atoms with van der Waals surface area (Å²) in [5, 5.41) is 9.17. The first kappa shape index (κ1) is 26.1. The molecule has 2 fully saturated rings. The molecule has 38 heavy (non-hydrogen) atoms. The Labute approximate surface area is 218 Å². The predicted octanol–water partition coefficient (Wildman–Crippen LogP) is 5.70. The number of amides is 2. The van der Waals surface area contributed by atoms with Gasteiger partial charge in [-0.25, -0.2) is 0 Å². The maximum Gasteiger partial charge on any atom is 0.573 e. The Hall–Kier alpha value is -3.56. The summed E-state index contributed by atoms with van der Waals surface area (Å²) < 4.78 is 41.7. The molecular weight excluding hydrogens is 501 g/mol. The number of nitrogens with zero attached hydrogens (tertiary/aromatic N) is 2. The molecule has 1 heterocycles. The molecule has 2 aromatic carbocycles. The molecule has 2 saturated carbocycles. The zero-order chi connectivity index (χ0) is 27.0. The number of carboxylic acid groups (broad SMARTS) is 1. The van der Waals surface area contributed by atoms with Gasteiger partial charge in [-0.2, -0.15) is 0 Å². The maximum atomic E-state index is 13.8. The van der Waals surface area contributed by atoms with E-state index >= 15 is 0 Å². The minimum absolute atomic E-state index is 0.0314. The fourth-order valence-electron chi connectivity index (χ4n) is 6.17. The van der Waals surface area contributed by atoms with E-state index in [1.807, 2.05) is 29.2 Å². The van der Waals surface area contributed by atoms with Crippen LogP contribution in [0.25, 0.3) is 0 Å². The molecule has 5 rings (SSSR count). The third-order valence-electron chi connectivity index (χ3n) is 7.95. The van der Waals surface area contributed by atoms with Crippen molar-refractivity contribution in [2.45, 2.75) is 75.9 Å². The van der Waals surface area contributed by atoms with Crippen LogP contribution < -0.4 is 9.64 Å². The SMILES string of the molecule is O=C(O)CCC(=O)N(C1CCC1)[C@H]1c2ccccc2N(C(=O)c2ccc(OC(F)(F)F)cc2)[C@H]2CCC[C@@H]21. The number of ether oxygens (including phenoxy) is 1. The highest BCUT2D eigenvalue weighted by atomic mass is 19.4. The summed E-state index contributed by atoms with van der Waals surface area (Å²) in [6.07, 6.45) is 0.0171. The molecule has 0 saturated heterocycles. The van der Waals surface area contributed by atoms with E-state index in [0.29, 0.717) is 5.69 Å². The number of para-hydroxylation sites is 1. The van der Waals surface area contributed by atoms with Gasteiger partial charge in [0.25, 0.3) is 5.91 Å². The Morgan fingerprint density at radius 2 is 1.63 bits per heavy atom. The highest BCUT2D eigenvalue weighted by Crippen LogP contribution is 2.52. The van der Waals surface area contributed by atoms with Crippen LogP contribution in [0, 0.1) is 5.92 Å². The molecular formula is C28H29F3N2O5. The number of rotatable bonds is 7. The summed E-state index contributed by atoms with van der Waals surface area (Å²) >= 11 is 0. The van der Waals surface area contributed by atoms with E-state index in [1.54, 1.807) is 4.90 Å². The third-order valence-corrected chi connectivity index (χ3v) is 7.95. The zero-order valence-electron chi connectivity index (χ0n) is 20.7. The first-order chi connectivity index (χ1) is 18.1. The van der Waals surface area contributed by atoms with E-state index < -0.39 is 18.1 Å². The van der Waals surface area contributed by atoms with Gasteiger partial charge < -0.3 is 19.6 Å². The number of aliphatic carboxylic acids is 1. The zero-order valence-corrected chi connectivity index (χ0v) is 20.7. The van der Waals surface area contributed by atoms with Crippen molar-refractivity contribution in [2.24, 2.45) is 5.92 Å². The quantitative estimate of drug-likeness (QED) is 0.496. The Kier molecular flexibility index (Phi) is 7.07. The van der Waals surface area contributed by atoms with Crippen LogP contribution in [0.1, 0.15) is 73.3 Å². The molecule has 0 spiro atoms. The van der Waals surface area contributed by atoms with E-state index in [1.165, 1.54) is 12.1 Å². The number of fused-ring (bicyclic) bond motifs is 2. The Balaban J connectivity index is 1.50. The summed E-state index contributed by atoms with van der Waals surface area (Å²) in [7, 11) is 0. The number of hydrogen-bond donors (Lipinski definition) is 1. The molecule has 7 nitrogen and oxygen atoms in total. The standard InChI is InChI=1S/C28H29F3N2O5/c29-28(30,31)38-19-13-11-17(12-14-19)27(37)33-22-9-2-1-7-20(22)26(21-8-4-10-23(21)33)32(18-5-3-6-18)24(34)15-16-25(35)36/h1-2,7,9,11-14,18,21,23,26H,3-6,8,10,15-16H2,(H,35,36)/t21-,23-,26-/m0/s1. The molecule has 1 N–H and O–H groups in total. The fourth-order valence-corrected chi connectivity index (χ4v) is 6.17. The van der Waals surface area contributed by atoms with E-state index in [0.717, 1.165) is 56.2 Å². The lowest BCUT2D eigenvalue weighted by Crippen LogP contribution is -2.55. The van der Waals surface area contributed by atoms with E-state index in [-0.39, 0.29) is 54.3 Å². The van der Waals surface area contributed by atoms with Crippen molar-refractivity contribution < 1.29 is 37.4 Å². The molecule has 10 heteroatoms. The van der Waals surface area contributed by atoms with Gasteiger partial charge in [0.05, 0.1) is 12.5 Å². The number of hydrogen-bond acceptors (Lipinski definition) is 4. The largest absolute Gasteiger partial charge is 0.573 e.